The van der Waals surface area contributed by atoms with Gasteiger partial charge in [0.2, 0.25) is 5.78 Å². The second kappa shape index (κ2) is 7.96. The number of ether oxygens (including phenoxy) is 1. The predicted molar refractivity (Wildman–Crippen MR) is 101 cm³/mol. The summed E-state index contributed by atoms with van der Waals surface area (Å²) >= 11 is 3.25. The third-order valence-corrected chi connectivity index (χ3v) is 4.90. The highest BCUT2D eigenvalue weighted by Gasteiger charge is 2.20. The van der Waals surface area contributed by atoms with Crippen LogP contribution in [0, 0.1) is 5.82 Å². The Balaban J connectivity index is 1.64. The second-order valence-corrected chi connectivity index (χ2v) is 7.20. The molecule has 0 bridgehead atoms. The lowest BCUT2D eigenvalue weighted by atomic mass is 10.0. The number of hydrogen-bond donors (Lipinski definition) is 0. The van der Waals surface area contributed by atoms with Gasteiger partial charge >= 0.3 is 5.97 Å². The molecule has 5 heteroatoms. The van der Waals surface area contributed by atoms with Gasteiger partial charge in [-0.3, -0.25) is 4.79 Å². The summed E-state index contributed by atoms with van der Waals surface area (Å²) < 4.78 is 19.5. The molecule has 1 atom stereocenters. The summed E-state index contributed by atoms with van der Waals surface area (Å²) in [7, 11) is 0. The number of carbonyl (C=O) groups is 2. The molecule has 0 N–H and O–H groups in total. The number of fused-ring (bicyclic) bond motifs is 1. The van der Waals surface area contributed by atoms with Gasteiger partial charge in [-0.1, -0.05) is 28.1 Å². The maximum atomic E-state index is 13.7. The van der Waals surface area contributed by atoms with Crippen LogP contribution in [-0.4, -0.2) is 17.9 Å². The fraction of sp³-hybridized carbons (Fsp3) is 0.238. The largest absolute Gasteiger partial charge is 0.451 e. The molecule has 0 amide bonds. The molecule has 0 unspecified atom stereocenters. The van der Waals surface area contributed by atoms with E-state index in [1.807, 2.05) is 12.1 Å². The molecule has 3 rings (SSSR count). The Morgan fingerprint density at radius 2 is 1.92 bits per heavy atom. The normalized spacial score (nSPS) is 14.3. The van der Waals surface area contributed by atoms with Gasteiger partial charge in [-0.15, -0.1) is 0 Å². The lowest BCUT2D eigenvalue weighted by Gasteiger charge is -2.12. The Hall–Kier alpha value is -2.27. The van der Waals surface area contributed by atoms with Crippen molar-refractivity contribution in [2.45, 2.75) is 32.3 Å². The molecule has 0 radical (unpaired) electrons. The molecule has 2 aromatic rings. The lowest BCUT2D eigenvalue weighted by Crippen LogP contribution is -2.23. The van der Waals surface area contributed by atoms with Crippen LogP contribution in [0.3, 0.4) is 0 Å². The van der Waals surface area contributed by atoms with E-state index in [9.17, 15) is 14.0 Å². The summed E-state index contributed by atoms with van der Waals surface area (Å²) in [5, 5.41) is 0. The first-order valence-electron chi connectivity index (χ1n) is 8.44. The summed E-state index contributed by atoms with van der Waals surface area (Å²) in [6.45, 7) is 1.54. The first kappa shape index (κ1) is 18.5. The fourth-order valence-corrected chi connectivity index (χ4v) is 3.41. The first-order chi connectivity index (χ1) is 12.4. The van der Waals surface area contributed by atoms with Crippen LogP contribution in [-0.2, 0) is 22.4 Å². The number of halogens is 2. The van der Waals surface area contributed by atoms with Crippen molar-refractivity contribution in [2.24, 2.45) is 0 Å². The topological polar surface area (TPSA) is 43.4 Å². The van der Waals surface area contributed by atoms with E-state index in [1.165, 1.54) is 23.3 Å². The Kier molecular flexibility index (Phi) is 5.67. The zero-order chi connectivity index (χ0) is 18.7. The highest BCUT2D eigenvalue weighted by molar-refractivity contribution is 9.10. The van der Waals surface area contributed by atoms with Crippen LogP contribution in [0.1, 0.15) is 40.4 Å². The minimum absolute atomic E-state index is 0.241. The maximum absolute atomic E-state index is 13.7. The van der Waals surface area contributed by atoms with Crippen molar-refractivity contribution in [1.82, 2.24) is 0 Å². The van der Waals surface area contributed by atoms with Gasteiger partial charge in [0, 0.05) is 21.7 Å². The van der Waals surface area contributed by atoms with E-state index >= 15 is 0 Å². The molecule has 1 aliphatic carbocycles. The molecular formula is C21H18BrFO3. The summed E-state index contributed by atoms with van der Waals surface area (Å²) in [5.41, 5.74) is 3.28. The molecule has 0 aliphatic heterocycles. The van der Waals surface area contributed by atoms with Crippen LogP contribution in [0.2, 0.25) is 0 Å². The van der Waals surface area contributed by atoms with Crippen LogP contribution in [0.25, 0.3) is 6.08 Å². The highest BCUT2D eigenvalue weighted by atomic mass is 79.9. The molecular weight excluding hydrogens is 399 g/mol. The van der Waals surface area contributed by atoms with Crippen LogP contribution >= 0.6 is 15.9 Å². The molecule has 1 aliphatic rings. The number of Topliss-reactive ketones (excluding diaryl/α,β-unsaturated/α-hetero) is 1. The van der Waals surface area contributed by atoms with Gasteiger partial charge in [0.25, 0.3) is 0 Å². The Labute approximate surface area is 160 Å². The zero-order valence-electron chi connectivity index (χ0n) is 14.3. The minimum atomic E-state index is -0.904. The Morgan fingerprint density at radius 1 is 1.15 bits per heavy atom. The molecule has 2 aromatic carbocycles. The van der Waals surface area contributed by atoms with Gasteiger partial charge in [-0.25, -0.2) is 9.18 Å². The number of ketones is 1. The van der Waals surface area contributed by atoms with Gasteiger partial charge in [0.15, 0.2) is 6.10 Å². The SMILES string of the molecule is C[C@H](OC(=O)/C=C/c1cc(Br)ccc1F)C(=O)c1ccc2c(c1)CCC2. The standard InChI is InChI=1S/C21H18BrFO3/c1-13(21(25)17-6-5-14-3-2-4-15(14)11-17)26-20(24)10-7-16-12-18(22)8-9-19(16)23/h5-13H,2-4H2,1H3/b10-7+/t13-/m0/s1. The molecule has 0 heterocycles. The van der Waals surface area contributed by atoms with Crippen molar-refractivity contribution in [1.29, 1.82) is 0 Å². The summed E-state index contributed by atoms with van der Waals surface area (Å²) in [6, 6.07) is 10.1. The molecule has 3 nitrogen and oxygen atoms in total. The van der Waals surface area contributed by atoms with E-state index in [0.717, 1.165) is 25.3 Å². The van der Waals surface area contributed by atoms with Gasteiger partial charge < -0.3 is 4.74 Å². The minimum Gasteiger partial charge on any atom is -0.451 e. The molecule has 26 heavy (non-hydrogen) atoms. The van der Waals surface area contributed by atoms with Gasteiger partial charge in [-0.05, 0) is 67.7 Å². The predicted octanol–water partition coefficient (Wildman–Crippen LogP) is 4.90. The third-order valence-electron chi connectivity index (χ3n) is 4.40. The van der Waals surface area contributed by atoms with E-state index in [4.69, 9.17) is 4.74 Å². The van der Waals surface area contributed by atoms with Crippen LogP contribution in [0.5, 0.6) is 0 Å². The molecule has 0 saturated carbocycles. The summed E-state index contributed by atoms with van der Waals surface area (Å²) in [5.74, 6) is -1.37. The quantitative estimate of drug-likeness (QED) is 0.395. The number of benzene rings is 2. The lowest BCUT2D eigenvalue weighted by molar-refractivity contribution is -0.140. The Morgan fingerprint density at radius 3 is 2.73 bits per heavy atom. The number of esters is 1. The molecule has 134 valence electrons. The van der Waals surface area contributed by atoms with Gasteiger partial charge in [0.05, 0.1) is 0 Å². The highest BCUT2D eigenvalue weighted by Crippen LogP contribution is 2.23. The maximum Gasteiger partial charge on any atom is 0.331 e. The van der Waals surface area contributed by atoms with Crippen molar-refractivity contribution >= 4 is 33.8 Å². The van der Waals surface area contributed by atoms with E-state index in [1.54, 1.807) is 25.1 Å². The fourth-order valence-electron chi connectivity index (χ4n) is 3.03. The van der Waals surface area contributed by atoms with Crippen molar-refractivity contribution in [2.75, 3.05) is 0 Å². The Bertz CT molecular complexity index is 889. The number of aryl methyl sites for hydroxylation is 2. The second-order valence-electron chi connectivity index (χ2n) is 6.28. The number of carbonyl (C=O) groups excluding carboxylic acids is 2. The van der Waals surface area contributed by atoms with E-state index in [2.05, 4.69) is 15.9 Å². The zero-order valence-corrected chi connectivity index (χ0v) is 15.9. The molecule has 0 spiro atoms. The van der Waals surface area contributed by atoms with Crippen LogP contribution in [0.15, 0.2) is 46.9 Å². The average molecular weight is 417 g/mol. The molecule has 0 aromatic heterocycles. The van der Waals surface area contributed by atoms with Gasteiger partial charge in [-0.2, -0.15) is 0 Å². The van der Waals surface area contributed by atoms with E-state index in [-0.39, 0.29) is 11.3 Å². The van der Waals surface area contributed by atoms with Crippen molar-refractivity contribution in [3.63, 3.8) is 0 Å². The summed E-state index contributed by atoms with van der Waals surface area (Å²) in [6.07, 6.45) is 4.68. The van der Waals surface area contributed by atoms with Gasteiger partial charge in [0.1, 0.15) is 5.82 Å². The summed E-state index contributed by atoms with van der Waals surface area (Å²) in [4.78, 5) is 24.4. The number of rotatable bonds is 5. The van der Waals surface area contributed by atoms with Crippen molar-refractivity contribution in [3.05, 3.63) is 75.0 Å². The number of hydrogen-bond acceptors (Lipinski definition) is 3. The first-order valence-corrected chi connectivity index (χ1v) is 9.23. The molecule has 0 saturated heterocycles. The smallest absolute Gasteiger partial charge is 0.331 e. The van der Waals surface area contributed by atoms with Crippen LogP contribution in [0.4, 0.5) is 4.39 Å². The van der Waals surface area contributed by atoms with E-state index in [0.29, 0.717) is 10.0 Å². The van der Waals surface area contributed by atoms with Crippen molar-refractivity contribution < 1.29 is 18.7 Å². The average Bonchev–Trinajstić information content (AvgIpc) is 3.09. The third kappa shape index (κ3) is 4.28. The molecule has 0 fully saturated rings. The van der Waals surface area contributed by atoms with E-state index < -0.39 is 17.9 Å². The van der Waals surface area contributed by atoms with Crippen LogP contribution < -0.4 is 0 Å². The monoisotopic (exact) mass is 416 g/mol. The van der Waals surface area contributed by atoms with Crippen molar-refractivity contribution in [3.8, 4) is 0 Å².